The van der Waals surface area contributed by atoms with Crippen molar-refractivity contribution < 1.29 is 9.18 Å². The number of rotatable bonds is 4. The second-order valence-corrected chi connectivity index (χ2v) is 6.59. The van der Waals surface area contributed by atoms with Gasteiger partial charge >= 0.3 is 0 Å². The van der Waals surface area contributed by atoms with Gasteiger partial charge in [0.05, 0.1) is 10.9 Å². The highest BCUT2D eigenvalue weighted by molar-refractivity contribution is 5.92. The summed E-state index contributed by atoms with van der Waals surface area (Å²) in [5, 5.41) is 0.359. The summed E-state index contributed by atoms with van der Waals surface area (Å²) in [7, 11) is 0. The van der Waals surface area contributed by atoms with Crippen LogP contribution in [0, 0.1) is 0 Å². The van der Waals surface area contributed by atoms with Crippen molar-refractivity contribution >= 4 is 16.8 Å². The van der Waals surface area contributed by atoms with E-state index in [1.165, 1.54) is 19.1 Å². The first kappa shape index (κ1) is 17.8. The molecule has 134 valence electrons. The van der Waals surface area contributed by atoms with E-state index in [4.69, 9.17) is 0 Å². The number of aromatic nitrogens is 2. The quantitative estimate of drug-likeness (QED) is 0.781. The Hall–Kier alpha value is -3.02. The zero-order valence-corrected chi connectivity index (χ0v) is 14.9. The third kappa shape index (κ3) is 3.10. The fourth-order valence-corrected chi connectivity index (χ4v) is 2.73. The first-order valence-corrected chi connectivity index (χ1v) is 8.40. The van der Waals surface area contributed by atoms with E-state index in [9.17, 15) is 9.59 Å². The van der Waals surface area contributed by atoms with Gasteiger partial charge in [0.25, 0.3) is 11.5 Å². The summed E-state index contributed by atoms with van der Waals surface area (Å²) >= 11 is 0. The van der Waals surface area contributed by atoms with Crippen LogP contribution in [0.15, 0.2) is 59.4 Å². The Morgan fingerprint density at radius 1 is 1.12 bits per heavy atom. The molecule has 0 fully saturated rings. The average Bonchev–Trinajstić information content (AvgIpc) is 2.64. The fraction of sp³-hybridized carbons (Fsp3) is 0.250. The number of benzene rings is 2. The zero-order valence-electron chi connectivity index (χ0n) is 14.9. The number of para-hydroxylation sites is 1. The van der Waals surface area contributed by atoms with E-state index in [1.54, 1.807) is 42.5 Å². The normalized spacial score (nSPS) is 13.6. The van der Waals surface area contributed by atoms with Gasteiger partial charge in [0.2, 0.25) is 5.67 Å². The zero-order chi connectivity index (χ0) is 18.9. The average molecular weight is 353 g/mol. The maximum absolute atomic E-state index is 15.1. The SMILES string of the molecule is CC(C)c1nc2ccccc2c(=O)n1NC(=O)[C@@](C)(F)c1ccccc1. The minimum atomic E-state index is -2.29. The fourth-order valence-electron chi connectivity index (χ4n) is 2.73. The molecule has 2 aromatic carbocycles. The van der Waals surface area contributed by atoms with Crippen LogP contribution < -0.4 is 11.0 Å². The van der Waals surface area contributed by atoms with E-state index in [2.05, 4.69) is 10.4 Å². The number of amides is 1. The number of hydrogen-bond acceptors (Lipinski definition) is 3. The highest BCUT2D eigenvalue weighted by Gasteiger charge is 2.36. The smallest absolute Gasteiger partial charge is 0.269 e. The summed E-state index contributed by atoms with van der Waals surface area (Å²) < 4.78 is 16.2. The van der Waals surface area contributed by atoms with Gasteiger partial charge in [-0.25, -0.2) is 14.1 Å². The standard InChI is InChI=1S/C20H20FN3O2/c1-13(2)17-22-16-12-8-7-11-15(16)18(25)24(17)23-19(26)20(3,21)14-9-5-4-6-10-14/h4-13H,1-3H3,(H,23,26)/t20-/m0/s1. The van der Waals surface area contributed by atoms with E-state index in [0.717, 1.165) is 4.68 Å². The number of alkyl halides is 1. The first-order chi connectivity index (χ1) is 12.3. The van der Waals surface area contributed by atoms with Gasteiger partial charge in [0.1, 0.15) is 5.82 Å². The van der Waals surface area contributed by atoms with Gasteiger partial charge in [-0.05, 0) is 24.6 Å². The molecule has 0 spiro atoms. The molecule has 1 atom stereocenters. The number of nitrogens with one attached hydrogen (secondary N) is 1. The van der Waals surface area contributed by atoms with E-state index in [0.29, 0.717) is 16.7 Å². The van der Waals surface area contributed by atoms with Crippen molar-refractivity contribution in [2.75, 3.05) is 5.43 Å². The molecule has 1 heterocycles. The Bertz CT molecular complexity index is 1010. The molecular weight excluding hydrogens is 333 g/mol. The molecule has 0 unspecified atom stereocenters. The van der Waals surface area contributed by atoms with Gasteiger partial charge in [-0.3, -0.25) is 15.0 Å². The molecule has 1 N–H and O–H groups in total. The molecule has 0 aliphatic carbocycles. The summed E-state index contributed by atoms with van der Waals surface area (Å²) in [5.74, 6) is -0.703. The van der Waals surface area contributed by atoms with Gasteiger partial charge in [-0.15, -0.1) is 0 Å². The molecule has 0 aliphatic rings. The first-order valence-electron chi connectivity index (χ1n) is 8.40. The Morgan fingerprint density at radius 2 is 1.73 bits per heavy atom. The van der Waals surface area contributed by atoms with Crippen molar-refractivity contribution in [3.05, 3.63) is 76.3 Å². The summed E-state index contributed by atoms with van der Waals surface area (Å²) in [5.41, 5.74) is 0.447. The van der Waals surface area contributed by atoms with Gasteiger partial charge in [-0.2, -0.15) is 0 Å². The van der Waals surface area contributed by atoms with Crippen LogP contribution in [-0.4, -0.2) is 15.6 Å². The molecule has 1 amide bonds. The molecule has 3 rings (SSSR count). The molecule has 0 aliphatic heterocycles. The van der Waals surface area contributed by atoms with Crippen LogP contribution in [0.2, 0.25) is 0 Å². The highest BCUT2D eigenvalue weighted by Crippen LogP contribution is 2.26. The molecular formula is C20H20FN3O2. The van der Waals surface area contributed by atoms with Crippen molar-refractivity contribution in [3.63, 3.8) is 0 Å². The van der Waals surface area contributed by atoms with Gasteiger partial charge in [0, 0.05) is 5.92 Å². The maximum atomic E-state index is 15.1. The Labute approximate surface area is 150 Å². The van der Waals surface area contributed by atoms with Crippen LogP contribution in [0.4, 0.5) is 4.39 Å². The Balaban J connectivity index is 2.08. The second kappa shape index (κ2) is 6.71. The van der Waals surface area contributed by atoms with Crippen LogP contribution in [0.3, 0.4) is 0 Å². The van der Waals surface area contributed by atoms with E-state index >= 15 is 4.39 Å². The largest absolute Gasteiger partial charge is 0.280 e. The lowest BCUT2D eigenvalue weighted by Crippen LogP contribution is -2.43. The summed E-state index contributed by atoms with van der Waals surface area (Å²) in [4.78, 5) is 29.9. The third-order valence-corrected chi connectivity index (χ3v) is 4.27. The van der Waals surface area contributed by atoms with Crippen molar-refractivity contribution in [2.45, 2.75) is 32.4 Å². The van der Waals surface area contributed by atoms with Gasteiger partial charge in [0.15, 0.2) is 0 Å². The lowest BCUT2D eigenvalue weighted by molar-refractivity contribution is -0.128. The van der Waals surface area contributed by atoms with Crippen LogP contribution in [0.5, 0.6) is 0 Å². The van der Waals surface area contributed by atoms with Crippen LogP contribution in [0.1, 0.15) is 38.1 Å². The third-order valence-electron chi connectivity index (χ3n) is 4.27. The minimum absolute atomic E-state index is 0.143. The number of hydrogen-bond donors (Lipinski definition) is 1. The molecule has 26 heavy (non-hydrogen) atoms. The Kier molecular flexibility index (Phi) is 4.59. The van der Waals surface area contributed by atoms with Crippen LogP contribution >= 0.6 is 0 Å². The van der Waals surface area contributed by atoms with Crippen molar-refractivity contribution in [3.8, 4) is 0 Å². The summed E-state index contributed by atoms with van der Waals surface area (Å²) in [6.07, 6.45) is 0. The number of fused-ring (bicyclic) bond motifs is 1. The molecule has 0 bridgehead atoms. The predicted molar refractivity (Wildman–Crippen MR) is 99.4 cm³/mol. The molecule has 3 aromatic rings. The summed E-state index contributed by atoms with van der Waals surface area (Å²) in [6.45, 7) is 4.88. The topological polar surface area (TPSA) is 64.0 Å². The van der Waals surface area contributed by atoms with Crippen molar-refractivity contribution in [1.82, 2.24) is 9.66 Å². The molecule has 5 nitrogen and oxygen atoms in total. The van der Waals surface area contributed by atoms with Crippen molar-refractivity contribution in [1.29, 1.82) is 0 Å². The number of halogens is 1. The van der Waals surface area contributed by atoms with E-state index in [1.807, 2.05) is 13.8 Å². The second-order valence-electron chi connectivity index (χ2n) is 6.59. The minimum Gasteiger partial charge on any atom is -0.269 e. The molecule has 6 heteroatoms. The van der Waals surface area contributed by atoms with Crippen LogP contribution in [-0.2, 0) is 10.5 Å². The van der Waals surface area contributed by atoms with Crippen LogP contribution in [0.25, 0.3) is 10.9 Å². The molecule has 0 saturated heterocycles. The maximum Gasteiger partial charge on any atom is 0.280 e. The number of carbonyl (C=O) groups is 1. The van der Waals surface area contributed by atoms with Gasteiger partial charge in [-0.1, -0.05) is 56.3 Å². The molecule has 0 radical (unpaired) electrons. The highest BCUT2D eigenvalue weighted by atomic mass is 19.1. The monoisotopic (exact) mass is 353 g/mol. The Morgan fingerprint density at radius 3 is 2.38 bits per heavy atom. The predicted octanol–water partition coefficient (Wildman–Crippen LogP) is 3.47. The van der Waals surface area contributed by atoms with Gasteiger partial charge < -0.3 is 0 Å². The van der Waals surface area contributed by atoms with E-state index in [-0.39, 0.29) is 11.5 Å². The van der Waals surface area contributed by atoms with E-state index < -0.39 is 17.1 Å². The molecule has 1 aromatic heterocycles. The number of nitrogens with zero attached hydrogens (tertiary/aromatic N) is 2. The molecule has 0 saturated carbocycles. The lowest BCUT2D eigenvalue weighted by atomic mass is 9.97. The number of carbonyl (C=O) groups excluding carboxylic acids is 1. The van der Waals surface area contributed by atoms with Crippen molar-refractivity contribution in [2.24, 2.45) is 0 Å². The lowest BCUT2D eigenvalue weighted by Gasteiger charge is -2.23. The summed E-state index contributed by atoms with van der Waals surface area (Å²) in [6, 6.07) is 15.0.